The zero-order valence-corrected chi connectivity index (χ0v) is 32.4. The number of allylic oxidation sites excluding steroid dienone is 1. The average Bonchev–Trinajstić information content (AvgIpc) is 3.52. The molecule has 0 spiro atoms. The largest absolute Gasteiger partial charge is 0.490 e. The van der Waals surface area contributed by atoms with Crippen LogP contribution in [0, 0.1) is 0 Å². The lowest BCUT2D eigenvalue weighted by Gasteiger charge is -2.29. The number of carbonyl (C=O) groups is 1. The number of aromatic nitrogens is 3. The van der Waals surface area contributed by atoms with Crippen molar-refractivity contribution in [2.75, 3.05) is 11.9 Å². The summed E-state index contributed by atoms with van der Waals surface area (Å²) in [6.07, 6.45) is 0. The number of benzene rings is 4. The van der Waals surface area contributed by atoms with Gasteiger partial charge in [0, 0.05) is 16.5 Å². The molecule has 1 unspecified atom stereocenters. The van der Waals surface area contributed by atoms with Gasteiger partial charge in [-0.05, 0) is 81.2 Å². The first-order valence-corrected chi connectivity index (χ1v) is 18.9. The van der Waals surface area contributed by atoms with Crippen LogP contribution in [0.1, 0.15) is 68.5 Å². The van der Waals surface area contributed by atoms with Crippen molar-refractivity contribution in [3.63, 3.8) is 0 Å². The molecule has 0 aliphatic carbocycles. The van der Waals surface area contributed by atoms with Crippen LogP contribution < -0.4 is 14.8 Å². The van der Waals surface area contributed by atoms with Gasteiger partial charge in [0.05, 0.1) is 16.7 Å². The molecule has 1 aromatic heterocycles. The molecule has 0 amide bonds. The molecule has 1 N–H and O–H groups in total. The Morgan fingerprint density at radius 3 is 2.37 bits per heavy atom. The molecule has 51 heavy (non-hydrogen) atoms. The summed E-state index contributed by atoms with van der Waals surface area (Å²) in [6.45, 7) is 11.3. The predicted octanol–water partition coefficient (Wildman–Crippen LogP) is 10.3. The maximum atomic E-state index is 14.0. The number of halogens is 2. The van der Waals surface area contributed by atoms with Crippen LogP contribution in [0.4, 0.5) is 5.95 Å². The van der Waals surface area contributed by atoms with Crippen molar-refractivity contribution in [3.8, 4) is 11.5 Å². The van der Waals surface area contributed by atoms with Crippen LogP contribution in [0.15, 0.2) is 112 Å². The highest BCUT2D eigenvalue weighted by atomic mass is 79.9. The summed E-state index contributed by atoms with van der Waals surface area (Å²) < 4.78 is 20.8. The molecule has 0 bridgehead atoms. The third-order valence-corrected chi connectivity index (χ3v) is 10.3. The Balaban J connectivity index is 1.34. The zero-order valence-electron chi connectivity index (χ0n) is 29.2. The number of nitrogens with one attached hydrogen (secondary N) is 1. The van der Waals surface area contributed by atoms with Gasteiger partial charge in [-0.1, -0.05) is 117 Å². The van der Waals surface area contributed by atoms with Crippen LogP contribution in [0.2, 0.25) is 5.02 Å². The SMILES string of the molecule is CCOc1cc(C2C(C(=O)OCc3ccccc3)=C(C)Nc3nc(SCc4ccccc4Cl)nn32)cc(Br)c1OCc1ccc(C(C)(C)C)cc1. The number of hydrogen-bond donors (Lipinski definition) is 1. The fraction of sp³-hybridized carbons (Fsp3) is 0.275. The van der Waals surface area contributed by atoms with Crippen LogP contribution in [0.25, 0.3) is 0 Å². The number of nitrogens with zero attached hydrogens (tertiary/aromatic N) is 3. The summed E-state index contributed by atoms with van der Waals surface area (Å²) in [5, 5.41) is 9.42. The van der Waals surface area contributed by atoms with Gasteiger partial charge in [0.1, 0.15) is 19.3 Å². The molecule has 4 aromatic carbocycles. The summed E-state index contributed by atoms with van der Waals surface area (Å²) in [4.78, 5) is 18.8. The molecular formula is C40H40BrClN4O4S. The van der Waals surface area contributed by atoms with Gasteiger partial charge in [0.2, 0.25) is 11.1 Å². The highest BCUT2D eigenvalue weighted by Crippen LogP contribution is 2.44. The minimum Gasteiger partial charge on any atom is -0.490 e. The van der Waals surface area contributed by atoms with Crippen molar-refractivity contribution in [3.05, 3.63) is 140 Å². The van der Waals surface area contributed by atoms with Crippen LogP contribution in [-0.2, 0) is 33.9 Å². The molecule has 264 valence electrons. The smallest absolute Gasteiger partial charge is 0.338 e. The van der Waals surface area contributed by atoms with Crippen molar-refractivity contribution >= 4 is 51.2 Å². The number of anilines is 1. The number of thioether (sulfide) groups is 1. The van der Waals surface area contributed by atoms with Crippen molar-refractivity contribution in [1.29, 1.82) is 0 Å². The van der Waals surface area contributed by atoms with Crippen LogP contribution >= 0.6 is 39.3 Å². The number of fused-ring (bicyclic) bond motifs is 1. The number of carbonyl (C=O) groups excluding carboxylic acids is 1. The van der Waals surface area contributed by atoms with E-state index in [2.05, 4.69) is 66.3 Å². The van der Waals surface area contributed by atoms with E-state index in [0.717, 1.165) is 22.3 Å². The maximum Gasteiger partial charge on any atom is 0.338 e. The lowest BCUT2D eigenvalue weighted by Crippen LogP contribution is -2.29. The summed E-state index contributed by atoms with van der Waals surface area (Å²) in [5.41, 5.74) is 6.00. The standard InChI is InChI=1S/C40H40BrClN4O4S/c1-6-48-33-21-29(20-31(41)36(33)49-22-27-16-18-30(19-17-27)40(3,4)5)35-34(37(47)50-23-26-12-8-7-9-13-26)25(2)43-38-44-39(45-46(35)38)51-24-28-14-10-11-15-32(28)42/h7-21,35H,6,22-24H2,1-5H3,(H,43,44,45). The van der Waals surface area contributed by atoms with Gasteiger partial charge in [-0.25, -0.2) is 9.48 Å². The van der Waals surface area contributed by atoms with E-state index in [1.54, 1.807) is 4.68 Å². The summed E-state index contributed by atoms with van der Waals surface area (Å²) >= 11 is 11.7. The van der Waals surface area contributed by atoms with Gasteiger partial charge in [0.15, 0.2) is 11.5 Å². The second-order valence-electron chi connectivity index (χ2n) is 13.2. The molecule has 1 aliphatic rings. The number of rotatable bonds is 12. The summed E-state index contributed by atoms with van der Waals surface area (Å²) in [5.74, 6) is 1.73. The van der Waals surface area contributed by atoms with Crippen LogP contribution in [-0.4, -0.2) is 27.3 Å². The molecule has 6 rings (SSSR count). The molecule has 8 nitrogen and oxygen atoms in total. The van der Waals surface area contributed by atoms with Crippen LogP contribution in [0.5, 0.6) is 11.5 Å². The Morgan fingerprint density at radius 1 is 0.961 bits per heavy atom. The van der Waals surface area contributed by atoms with E-state index >= 15 is 0 Å². The highest BCUT2D eigenvalue weighted by molar-refractivity contribution is 9.10. The topological polar surface area (TPSA) is 87.5 Å². The van der Waals surface area contributed by atoms with Gasteiger partial charge in [0.25, 0.3) is 0 Å². The monoisotopic (exact) mass is 786 g/mol. The second-order valence-corrected chi connectivity index (χ2v) is 15.4. The van der Waals surface area contributed by atoms with Crippen molar-refractivity contribution in [1.82, 2.24) is 14.8 Å². The minimum atomic E-state index is -0.679. The quantitative estimate of drug-likeness (QED) is 0.0988. The minimum absolute atomic E-state index is 0.0632. The first-order chi connectivity index (χ1) is 24.5. The number of esters is 1. The third kappa shape index (κ3) is 8.63. The van der Waals surface area contributed by atoms with Gasteiger partial charge in [-0.3, -0.25) is 0 Å². The average molecular weight is 788 g/mol. The lowest BCUT2D eigenvalue weighted by molar-refractivity contribution is -0.140. The Hall–Kier alpha value is -4.25. The predicted molar refractivity (Wildman–Crippen MR) is 207 cm³/mol. The zero-order chi connectivity index (χ0) is 36.1. The van der Waals surface area contributed by atoms with E-state index in [1.807, 2.05) is 80.6 Å². The molecule has 5 aromatic rings. The van der Waals surface area contributed by atoms with E-state index in [1.165, 1.54) is 17.3 Å². The van der Waals surface area contributed by atoms with Gasteiger partial charge in [-0.15, -0.1) is 5.10 Å². The van der Waals surface area contributed by atoms with E-state index < -0.39 is 12.0 Å². The fourth-order valence-electron chi connectivity index (χ4n) is 5.73. The summed E-state index contributed by atoms with van der Waals surface area (Å²) in [6, 6.07) is 28.9. The van der Waals surface area contributed by atoms with Gasteiger partial charge >= 0.3 is 5.97 Å². The third-order valence-electron chi connectivity index (χ3n) is 8.43. The lowest BCUT2D eigenvalue weighted by atomic mass is 9.87. The van der Waals surface area contributed by atoms with E-state index in [0.29, 0.717) is 62.3 Å². The molecule has 1 aliphatic heterocycles. The van der Waals surface area contributed by atoms with E-state index in [4.69, 9.17) is 35.9 Å². The molecular weight excluding hydrogens is 748 g/mol. The van der Waals surface area contributed by atoms with Gasteiger partial charge in [-0.2, -0.15) is 4.98 Å². The number of hydrogen-bond acceptors (Lipinski definition) is 8. The maximum absolute atomic E-state index is 14.0. The van der Waals surface area contributed by atoms with Crippen LogP contribution in [0.3, 0.4) is 0 Å². The second kappa shape index (κ2) is 16.0. The first-order valence-electron chi connectivity index (χ1n) is 16.7. The first kappa shape index (κ1) is 36.5. The van der Waals surface area contributed by atoms with Crippen molar-refractivity contribution < 1.29 is 19.0 Å². The Morgan fingerprint density at radius 2 is 1.67 bits per heavy atom. The molecule has 0 saturated carbocycles. The molecule has 0 radical (unpaired) electrons. The molecule has 0 fully saturated rings. The van der Waals surface area contributed by atoms with E-state index in [9.17, 15) is 4.79 Å². The molecule has 1 atom stereocenters. The highest BCUT2D eigenvalue weighted by Gasteiger charge is 2.36. The van der Waals surface area contributed by atoms with E-state index in [-0.39, 0.29) is 12.0 Å². The van der Waals surface area contributed by atoms with Gasteiger partial charge < -0.3 is 19.5 Å². The molecule has 11 heteroatoms. The van der Waals surface area contributed by atoms with Crippen molar-refractivity contribution in [2.24, 2.45) is 0 Å². The Labute approximate surface area is 316 Å². The number of ether oxygens (including phenoxy) is 3. The fourth-order valence-corrected chi connectivity index (χ4v) is 7.42. The normalized spacial score (nSPS) is 14.1. The molecule has 0 saturated heterocycles. The Bertz CT molecular complexity index is 2040. The Kier molecular flexibility index (Phi) is 11.4. The van der Waals surface area contributed by atoms with Crippen molar-refractivity contribution in [2.45, 2.75) is 70.2 Å². The molecule has 2 heterocycles. The summed E-state index contributed by atoms with van der Waals surface area (Å²) in [7, 11) is 0.